The van der Waals surface area contributed by atoms with Gasteiger partial charge in [0, 0.05) is 7.05 Å². The monoisotopic (exact) mass is 391 g/mol. The van der Waals surface area contributed by atoms with E-state index in [1.165, 1.54) is 11.2 Å². The number of amides is 4. The number of carbonyl (C=O) groups excluding carboxylic acids is 4. The van der Waals surface area contributed by atoms with Crippen molar-refractivity contribution in [3.8, 4) is 0 Å². The molecule has 0 aromatic carbocycles. The summed E-state index contributed by atoms with van der Waals surface area (Å²) in [5.41, 5.74) is -0.922. The van der Waals surface area contributed by atoms with Crippen molar-refractivity contribution in [1.29, 1.82) is 0 Å². The summed E-state index contributed by atoms with van der Waals surface area (Å²) in [4.78, 5) is 51.5. The second-order valence-corrected chi connectivity index (χ2v) is 7.43. The van der Waals surface area contributed by atoms with E-state index in [4.69, 9.17) is 9.15 Å². The largest absolute Gasteiger partial charge is 0.467 e. The molecule has 1 saturated carbocycles. The number of furan rings is 1. The van der Waals surface area contributed by atoms with Gasteiger partial charge >= 0.3 is 12.0 Å². The van der Waals surface area contributed by atoms with Crippen LogP contribution in [-0.4, -0.2) is 59.4 Å². The number of hydrogen-bond donors (Lipinski definition) is 1. The third-order valence-corrected chi connectivity index (χ3v) is 5.54. The van der Waals surface area contributed by atoms with Gasteiger partial charge in [0.25, 0.3) is 11.8 Å². The standard InChI is InChI=1S/C19H25N3O6/c1-13-6-3-4-8-19(13)17(25)22(18(26)20-19)11-16(24)28-12-15(23)21(2)10-14-7-5-9-27-14/h5,7,9,13H,3-4,6,8,10-12H2,1-2H3,(H,20,26)/t13-,19+/m1/s1. The predicted octanol–water partition coefficient (Wildman–Crippen LogP) is 1.28. The maximum atomic E-state index is 12.8. The van der Waals surface area contributed by atoms with E-state index in [0.29, 0.717) is 12.2 Å². The number of imide groups is 1. The fourth-order valence-corrected chi connectivity index (χ4v) is 3.79. The van der Waals surface area contributed by atoms with Gasteiger partial charge < -0.3 is 19.4 Å². The van der Waals surface area contributed by atoms with Gasteiger partial charge in [-0.15, -0.1) is 0 Å². The molecule has 9 nitrogen and oxygen atoms in total. The van der Waals surface area contributed by atoms with Crippen molar-refractivity contribution in [3.63, 3.8) is 0 Å². The molecule has 1 aromatic rings. The highest BCUT2D eigenvalue weighted by Gasteiger charge is 2.55. The van der Waals surface area contributed by atoms with Crippen molar-refractivity contribution in [2.24, 2.45) is 5.92 Å². The lowest BCUT2D eigenvalue weighted by atomic mass is 9.73. The van der Waals surface area contributed by atoms with Crippen molar-refractivity contribution in [2.45, 2.75) is 44.7 Å². The number of ether oxygens (including phenoxy) is 1. The van der Waals surface area contributed by atoms with E-state index in [-0.39, 0.29) is 18.4 Å². The molecule has 9 heteroatoms. The van der Waals surface area contributed by atoms with Gasteiger partial charge in [-0.05, 0) is 30.9 Å². The number of nitrogens with zero attached hydrogens (tertiary/aromatic N) is 2. The second kappa shape index (κ2) is 8.04. The molecule has 2 aliphatic rings. The van der Waals surface area contributed by atoms with Crippen LogP contribution in [0.1, 0.15) is 38.4 Å². The zero-order valence-corrected chi connectivity index (χ0v) is 16.1. The Balaban J connectivity index is 1.51. The summed E-state index contributed by atoms with van der Waals surface area (Å²) in [5, 5.41) is 2.78. The quantitative estimate of drug-likeness (QED) is 0.578. The van der Waals surface area contributed by atoms with Crippen LogP contribution in [-0.2, 0) is 25.7 Å². The van der Waals surface area contributed by atoms with Gasteiger partial charge in [0.05, 0.1) is 12.8 Å². The van der Waals surface area contributed by atoms with Crippen molar-refractivity contribution < 1.29 is 28.3 Å². The molecule has 28 heavy (non-hydrogen) atoms. The fraction of sp³-hybridized carbons (Fsp3) is 0.579. The molecule has 2 heterocycles. The highest BCUT2D eigenvalue weighted by molar-refractivity contribution is 6.09. The molecule has 1 N–H and O–H groups in total. The molecule has 3 rings (SSSR count). The highest BCUT2D eigenvalue weighted by atomic mass is 16.5. The van der Waals surface area contributed by atoms with Crippen molar-refractivity contribution in [1.82, 2.24) is 15.1 Å². The number of likely N-dealkylation sites (N-methyl/N-ethyl adjacent to an activating group) is 1. The predicted molar refractivity (Wildman–Crippen MR) is 96.7 cm³/mol. The Labute approximate surface area is 163 Å². The first-order valence-electron chi connectivity index (χ1n) is 9.39. The third kappa shape index (κ3) is 3.88. The van der Waals surface area contributed by atoms with Crippen LogP contribution in [0.25, 0.3) is 0 Å². The van der Waals surface area contributed by atoms with Crippen LogP contribution in [0.5, 0.6) is 0 Å². The smallest absolute Gasteiger partial charge is 0.326 e. The molecule has 1 aromatic heterocycles. The molecular weight excluding hydrogens is 366 g/mol. The Hall–Kier alpha value is -2.84. The average Bonchev–Trinajstić information content (AvgIpc) is 3.25. The second-order valence-electron chi connectivity index (χ2n) is 7.43. The Morgan fingerprint density at radius 3 is 2.86 bits per heavy atom. The van der Waals surface area contributed by atoms with E-state index in [0.717, 1.165) is 24.2 Å². The van der Waals surface area contributed by atoms with E-state index in [1.54, 1.807) is 19.2 Å². The number of urea groups is 1. The Morgan fingerprint density at radius 2 is 2.18 bits per heavy atom. The summed E-state index contributed by atoms with van der Waals surface area (Å²) >= 11 is 0. The Bertz CT molecular complexity index is 762. The SMILES string of the molecule is C[C@@H]1CCCC[C@]12NC(=O)N(CC(=O)OCC(=O)N(C)Cc1ccco1)C2=O. The molecular formula is C19H25N3O6. The van der Waals surface area contributed by atoms with E-state index >= 15 is 0 Å². The molecule has 4 amide bonds. The molecule has 0 bridgehead atoms. The molecule has 2 atom stereocenters. The first-order valence-corrected chi connectivity index (χ1v) is 9.39. The van der Waals surface area contributed by atoms with E-state index in [1.807, 2.05) is 6.92 Å². The Kier molecular flexibility index (Phi) is 5.71. The van der Waals surface area contributed by atoms with Gasteiger partial charge in [-0.1, -0.05) is 19.8 Å². The number of esters is 1. The summed E-state index contributed by atoms with van der Waals surface area (Å²) in [6, 6.07) is 2.86. The number of nitrogens with one attached hydrogen (secondary N) is 1. The summed E-state index contributed by atoms with van der Waals surface area (Å²) in [6.45, 7) is 1.21. The molecule has 2 fully saturated rings. The molecule has 1 saturated heterocycles. The van der Waals surface area contributed by atoms with Gasteiger partial charge in [0.1, 0.15) is 17.8 Å². The summed E-state index contributed by atoms with van der Waals surface area (Å²) in [6.07, 6.45) is 4.79. The van der Waals surface area contributed by atoms with Crippen LogP contribution in [0, 0.1) is 5.92 Å². The lowest BCUT2D eigenvalue weighted by Crippen LogP contribution is -2.54. The summed E-state index contributed by atoms with van der Waals surface area (Å²) in [5.74, 6) is -0.991. The van der Waals surface area contributed by atoms with Crippen LogP contribution < -0.4 is 5.32 Å². The van der Waals surface area contributed by atoms with Gasteiger partial charge in [0.15, 0.2) is 6.61 Å². The molecule has 152 valence electrons. The minimum absolute atomic E-state index is 0.00977. The number of rotatable bonds is 6. The fourth-order valence-electron chi connectivity index (χ4n) is 3.79. The Morgan fingerprint density at radius 1 is 1.39 bits per heavy atom. The normalized spacial score (nSPS) is 24.4. The maximum Gasteiger partial charge on any atom is 0.326 e. The molecule has 1 aliphatic carbocycles. The summed E-state index contributed by atoms with van der Waals surface area (Å²) in [7, 11) is 1.56. The lowest BCUT2D eigenvalue weighted by molar-refractivity contribution is -0.154. The van der Waals surface area contributed by atoms with Crippen LogP contribution in [0.4, 0.5) is 4.79 Å². The first-order chi connectivity index (χ1) is 13.3. The molecule has 1 aliphatic heterocycles. The van der Waals surface area contributed by atoms with Gasteiger partial charge in [-0.3, -0.25) is 19.3 Å². The van der Waals surface area contributed by atoms with Gasteiger partial charge in [0.2, 0.25) is 0 Å². The average molecular weight is 391 g/mol. The maximum absolute atomic E-state index is 12.8. The van der Waals surface area contributed by atoms with E-state index < -0.39 is 36.6 Å². The van der Waals surface area contributed by atoms with Gasteiger partial charge in [-0.25, -0.2) is 4.79 Å². The van der Waals surface area contributed by atoms with Crippen LogP contribution in [0.3, 0.4) is 0 Å². The number of hydrogen-bond acceptors (Lipinski definition) is 6. The minimum atomic E-state index is -0.922. The highest BCUT2D eigenvalue weighted by Crippen LogP contribution is 2.38. The topological polar surface area (TPSA) is 109 Å². The van der Waals surface area contributed by atoms with Crippen molar-refractivity contribution in [3.05, 3.63) is 24.2 Å². The van der Waals surface area contributed by atoms with Crippen LogP contribution in [0.15, 0.2) is 22.8 Å². The van der Waals surface area contributed by atoms with Gasteiger partial charge in [-0.2, -0.15) is 0 Å². The lowest BCUT2D eigenvalue weighted by Gasteiger charge is -2.36. The van der Waals surface area contributed by atoms with Crippen molar-refractivity contribution in [2.75, 3.05) is 20.2 Å². The minimum Gasteiger partial charge on any atom is -0.467 e. The van der Waals surface area contributed by atoms with Crippen molar-refractivity contribution >= 4 is 23.8 Å². The van der Waals surface area contributed by atoms with Crippen LogP contribution in [0.2, 0.25) is 0 Å². The molecule has 0 radical (unpaired) electrons. The summed E-state index contributed by atoms with van der Waals surface area (Å²) < 4.78 is 10.1. The van der Waals surface area contributed by atoms with E-state index in [2.05, 4.69) is 5.32 Å². The van der Waals surface area contributed by atoms with Crippen LogP contribution >= 0.6 is 0 Å². The third-order valence-electron chi connectivity index (χ3n) is 5.54. The molecule has 1 spiro atoms. The number of carbonyl (C=O) groups is 4. The zero-order chi connectivity index (χ0) is 20.3. The first kappa shape index (κ1) is 19.9. The van der Waals surface area contributed by atoms with E-state index in [9.17, 15) is 19.2 Å². The molecule has 0 unspecified atom stereocenters. The zero-order valence-electron chi connectivity index (χ0n) is 16.1.